The van der Waals surface area contributed by atoms with Gasteiger partial charge in [-0.1, -0.05) is 0 Å². The van der Waals surface area contributed by atoms with Gasteiger partial charge in [0.25, 0.3) is 5.91 Å². The number of anilines is 1. The lowest BCUT2D eigenvalue weighted by Gasteiger charge is -2.27. The van der Waals surface area contributed by atoms with E-state index in [9.17, 15) is 24.3 Å². The normalized spacial score (nSPS) is 14.8. The smallest absolute Gasteiger partial charge is 0.326 e. The van der Waals surface area contributed by atoms with E-state index in [0.29, 0.717) is 18.5 Å². The number of carbonyl (C=O) groups is 4. The third kappa shape index (κ3) is 4.59. The van der Waals surface area contributed by atoms with E-state index in [-0.39, 0.29) is 24.9 Å². The molecule has 2 rings (SSSR count). The molecular weight excluding hydrogens is 338 g/mol. The minimum absolute atomic E-state index is 0.0560. The molecule has 1 heterocycles. The zero-order valence-electron chi connectivity index (χ0n) is 14.9. The maximum atomic E-state index is 12.7. The maximum absolute atomic E-state index is 12.7. The van der Waals surface area contributed by atoms with E-state index in [1.807, 2.05) is 0 Å². The lowest BCUT2D eigenvalue weighted by molar-refractivity contribution is -0.141. The Hall–Kier alpha value is -2.90. The van der Waals surface area contributed by atoms with Gasteiger partial charge in [0.15, 0.2) is 0 Å². The number of carboxylic acid groups (broad SMARTS) is 1. The first kappa shape index (κ1) is 19.4. The predicted molar refractivity (Wildman–Crippen MR) is 94.8 cm³/mol. The second kappa shape index (κ2) is 8.46. The zero-order valence-corrected chi connectivity index (χ0v) is 14.9. The summed E-state index contributed by atoms with van der Waals surface area (Å²) >= 11 is 0. The van der Waals surface area contributed by atoms with Crippen molar-refractivity contribution < 1.29 is 24.3 Å². The quantitative estimate of drug-likeness (QED) is 0.749. The largest absolute Gasteiger partial charge is 0.480 e. The van der Waals surface area contributed by atoms with E-state index in [4.69, 9.17) is 0 Å². The maximum Gasteiger partial charge on any atom is 0.326 e. The summed E-state index contributed by atoms with van der Waals surface area (Å²) in [5.41, 5.74) is 1.05. The molecule has 1 saturated heterocycles. The molecule has 1 aromatic rings. The van der Waals surface area contributed by atoms with Gasteiger partial charge in [-0.3, -0.25) is 14.4 Å². The van der Waals surface area contributed by atoms with Crippen LogP contribution in [0.5, 0.6) is 0 Å². The average molecular weight is 361 g/mol. The lowest BCUT2D eigenvalue weighted by Crippen LogP contribution is -2.46. The van der Waals surface area contributed by atoms with Gasteiger partial charge in [0.05, 0.1) is 0 Å². The Kier molecular flexibility index (Phi) is 6.32. The minimum atomic E-state index is -1.12. The summed E-state index contributed by atoms with van der Waals surface area (Å²) in [4.78, 5) is 49.7. The first-order valence-corrected chi connectivity index (χ1v) is 8.50. The fourth-order valence-corrected chi connectivity index (χ4v) is 2.83. The predicted octanol–water partition coefficient (Wildman–Crippen LogP) is 0.865. The van der Waals surface area contributed by atoms with Crippen molar-refractivity contribution in [1.82, 2.24) is 10.2 Å². The van der Waals surface area contributed by atoms with Crippen LogP contribution in [-0.2, 0) is 14.4 Å². The Bertz CT molecular complexity index is 701. The Balaban J connectivity index is 2.14. The fourth-order valence-electron chi connectivity index (χ4n) is 2.83. The van der Waals surface area contributed by atoms with Crippen molar-refractivity contribution >= 4 is 29.4 Å². The van der Waals surface area contributed by atoms with Crippen LogP contribution in [0.2, 0.25) is 0 Å². The van der Waals surface area contributed by atoms with Crippen LogP contribution in [0.4, 0.5) is 5.69 Å². The van der Waals surface area contributed by atoms with E-state index in [0.717, 1.165) is 12.1 Å². The molecule has 1 aliphatic rings. The van der Waals surface area contributed by atoms with Gasteiger partial charge in [-0.25, -0.2) is 4.79 Å². The number of carbonyl (C=O) groups excluding carboxylic acids is 3. The fraction of sp³-hybridized carbons (Fsp3) is 0.444. The van der Waals surface area contributed by atoms with E-state index in [1.165, 1.54) is 18.7 Å². The molecule has 0 saturated carbocycles. The van der Waals surface area contributed by atoms with Crippen LogP contribution >= 0.6 is 0 Å². The van der Waals surface area contributed by atoms with Gasteiger partial charge in [-0.15, -0.1) is 0 Å². The molecule has 0 aromatic heterocycles. The molecule has 2 N–H and O–H groups in total. The molecule has 1 fully saturated rings. The van der Waals surface area contributed by atoms with Gasteiger partial charge >= 0.3 is 5.97 Å². The van der Waals surface area contributed by atoms with Crippen LogP contribution in [0.15, 0.2) is 24.3 Å². The summed E-state index contributed by atoms with van der Waals surface area (Å²) in [6.07, 6.45) is 1.33. The zero-order chi connectivity index (χ0) is 19.3. The molecule has 140 valence electrons. The van der Waals surface area contributed by atoms with Crippen LogP contribution in [0, 0.1) is 0 Å². The van der Waals surface area contributed by atoms with Gasteiger partial charge in [0, 0.05) is 44.2 Å². The molecule has 1 unspecified atom stereocenters. The third-order valence-electron chi connectivity index (χ3n) is 4.31. The van der Waals surface area contributed by atoms with E-state index >= 15 is 0 Å². The highest BCUT2D eigenvalue weighted by molar-refractivity contribution is 5.98. The Morgan fingerprint density at radius 1 is 1.27 bits per heavy atom. The van der Waals surface area contributed by atoms with Gasteiger partial charge in [-0.05, 0) is 37.6 Å². The Labute approximate surface area is 151 Å². The van der Waals surface area contributed by atoms with Gasteiger partial charge in [0.1, 0.15) is 6.04 Å². The van der Waals surface area contributed by atoms with Gasteiger partial charge in [-0.2, -0.15) is 0 Å². The summed E-state index contributed by atoms with van der Waals surface area (Å²) in [5, 5.41) is 11.8. The molecule has 0 radical (unpaired) electrons. The first-order chi connectivity index (χ1) is 12.3. The van der Waals surface area contributed by atoms with Crippen molar-refractivity contribution in [2.75, 3.05) is 24.5 Å². The van der Waals surface area contributed by atoms with Crippen LogP contribution in [-0.4, -0.2) is 59.4 Å². The Morgan fingerprint density at radius 3 is 2.42 bits per heavy atom. The summed E-state index contributed by atoms with van der Waals surface area (Å²) in [6.45, 7) is 3.68. The van der Waals surface area contributed by atoms with Crippen molar-refractivity contribution in [3.63, 3.8) is 0 Å². The highest BCUT2D eigenvalue weighted by Crippen LogP contribution is 2.22. The van der Waals surface area contributed by atoms with Crippen molar-refractivity contribution in [1.29, 1.82) is 0 Å². The SMILES string of the molecule is CC(=O)NCCN(C(=O)c1ccc(N2CCCC2=O)cc1)C(C)C(=O)O. The van der Waals surface area contributed by atoms with Crippen molar-refractivity contribution in [3.8, 4) is 0 Å². The number of rotatable bonds is 7. The molecule has 8 heteroatoms. The lowest BCUT2D eigenvalue weighted by atomic mass is 10.1. The van der Waals surface area contributed by atoms with Gasteiger partial charge in [0.2, 0.25) is 11.8 Å². The number of benzene rings is 1. The van der Waals surface area contributed by atoms with Crippen molar-refractivity contribution in [2.45, 2.75) is 32.7 Å². The number of nitrogens with zero attached hydrogens (tertiary/aromatic N) is 2. The number of nitrogens with one attached hydrogen (secondary N) is 1. The van der Waals surface area contributed by atoms with E-state index < -0.39 is 17.9 Å². The molecule has 1 aromatic carbocycles. The summed E-state index contributed by atoms with van der Waals surface area (Å²) in [5.74, 6) is -1.76. The average Bonchev–Trinajstić information content (AvgIpc) is 3.03. The number of hydrogen-bond acceptors (Lipinski definition) is 4. The highest BCUT2D eigenvalue weighted by atomic mass is 16.4. The van der Waals surface area contributed by atoms with Crippen LogP contribution in [0.1, 0.15) is 37.0 Å². The second-order valence-electron chi connectivity index (χ2n) is 6.19. The summed E-state index contributed by atoms with van der Waals surface area (Å²) in [6, 6.07) is 5.52. The molecule has 0 spiro atoms. The molecule has 3 amide bonds. The first-order valence-electron chi connectivity index (χ1n) is 8.50. The third-order valence-corrected chi connectivity index (χ3v) is 4.31. The number of hydrogen-bond donors (Lipinski definition) is 2. The van der Waals surface area contributed by atoms with Crippen LogP contribution in [0.25, 0.3) is 0 Å². The second-order valence-corrected chi connectivity index (χ2v) is 6.19. The molecule has 0 bridgehead atoms. The van der Waals surface area contributed by atoms with Gasteiger partial charge < -0.3 is 20.2 Å². The molecule has 1 atom stereocenters. The standard InChI is InChI=1S/C18H23N3O5/c1-12(18(25)26)20(11-9-19-13(2)22)17(24)14-5-7-15(8-6-14)21-10-3-4-16(21)23/h5-8,12H,3-4,9-11H2,1-2H3,(H,19,22)(H,25,26). The molecule has 26 heavy (non-hydrogen) atoms. The molecule has 1 aliphatic heterocycles. The van der Waals surface area contributed by atoms with Crippen molar-refractivity contribution in [2.24, 2.45) is 0 Å². The van der Waals surface area contributed by atoms with Crippen LogP contribution in [0.3, 0.4) is 0 Å². The van der Waals surface area contributed by atoms with E-state index in [1.54, 1.807) is 29.2 Å². The number of aliphatic carboxylic acids is 1. The van der Waals surface area contributed by atoms with Crippen molar-refractivity contribution in [3.05, 3.63) is 29.8 Å². The minimum Gasteiger partial charge on any atom is -0.480 e. The molecule has 0 aliphatic carbocycles. The monoisotopic (exact) mass is 361 g/mol. The topological polar surface area (TPSA) is 107 Å². The Morgan fingerprint density at radius 2 is 1.92 bits per heavy atom. The molecular formula is C18H23N3O5. The highest BCUT2D eigenvalue weighted by Gasteiger charge is 2.27. The number of carboxylic acids is 1. The summed E-state index contributed by atoms with van der Waals surface area (Å²) in [7, 11) is 0. The van der Waals surface area contributed by atoms with E-state index in [2.05, 4.69) is 5.32 Å². The number of amides is 3. The summed E-state index contributed by atoms with van der Waals surface area (Å²) < 4.78 is 0. The molecule has 8 nitrogen and oxygen atoms in total. The van der Waals surface area contributed by atoms with Crippen LogP contribution < -0.4 is 10.2 Å².